The van der Waals surface area contributed by atoms with Crippen LogP contribution >= 0.6 is 0 Å². The van der Waals surface area contributed by atoms with Crippen LogP contribution in [0.3, 0.4) is 0 Å². The van der Waals surface area contributed by atoms with E-state index in [9.17, 15) is 4.79 Å². The molecule has 18 heavy (non-hydrogen) atoms. The number of nitrogens with two attached hydrogens (primary N) is 1. The van der Waals surface area contributed by atoms with Crippen molar-refractivity contribution in [3.8, 4) is 12.3 Å². The van der Waals surface area contributed by atoms with E-state index in [4.69, 9.17) is 12.2 Å². The summed E-state index contributed by atoms with van der Waals surface area (Å²) in [7, 11) is 0. The van der Waals surface area contributed by atoms with Gasteiger partial charge >= 0.3 is 0 Å². The van der Waals surface area contributed by atoms with E-state index in [0.29, 0.717) is 25.4 Å². The van der Waals surface area contributed by atoms with Gasteiger partial charge in [0.25, 0.3) is 0 Å². The second-order valence-corrected chi connectivity index (χ2v) is 6.12. The standard InChI is InChI=1S/C15H26N2O/c1-4-11-17(12-13-5-6-13)14(18)7-8-15(2,3)9-10-16/h1,13H,5-12,16H2,2-3H3. The highest BCUT2D eigenvalue weighted by Gasteiger charge is 2.27. The van der Waals surface area contributed by atoms with Gasteiger partial charge in [-0.25, -0.2) is 0 Å². The Hall–Kier alpha value is -1.01. The molecule has 1 fully saturated rings. The lowest BCUT2D eigenvalue weighted by Gasteiger charge is -2.26. The lowest BCUT2D eigenvalue weighted by Crippen LogP contribution is -2.34. The Kier molecular flexibility index (Phi) is 5.68. The third-order valence-electron chi connectivity index (χ3n) is 3.65. The predicted molar refractivity (Wildman–Crippen MR) is 74.8 cm³/mol. The van der Waals surface area contributed by atoms with Crippen LogP contribution in [-0.2, 0) is 4.79 Å². The maximum atomic E-state index is 12.1. The van der Waals surface area contributed by atoms with Crippen LogP contribution < -0.4 is 5.73 Å². The first kappa shape index (κ1) is 15.0. The van der Waals surface area contributed by atoms with Crippen LogP contribution in [0.1, 0.15) is 46.0 Å². The van der Waals surface area contributed by atoms with Crippen LogP contribution in [0.25, 0.3) is 0 Å². The minimum absolute atomic E-state index is 0.145. The van der Waals surface area contributed by atoms with Gasteiger partial charge in [-0.15, -0.1) is 6.42 Å². The van der Waals surface area contributed by atoms with Crippen molar-refractivity contribution in [3.05, 3.63) is 0 Å². The highest BCUT2D eigenvalue weighted by atomic mass is 16.2. The normalized spacial score (nSPS) is 15.2. The third kappa shape index (κ3) is 5.55. The highest BCUT2D eigenvalue weighted by molar-refractivity contribution is 5.76. The summed E-state index contributed by atoms with van der Waals surface area (Å²) in [6.45, 7) is 6.31. The topological polar surface area (TPSA) is 46.3 Å². The maximum absolute atomic E-state index is 12.1. The minimum Gasteiger partial charge on any atom is -0.331 e. The van der Waals surface area contributed by atoms with E-state index >= 15 is 0 Å². The molecule has 0 saturated heterocycles. The molecule has 1 amide bonds. The lowest BCUT2D eigenvalue weighted by atomic mass is 9.84. The molecule has 1 aliphatic carbocycles. The second kappa shape index (κ2) is 6.80. The summed E-state index contributed by atoms with van der Waals surface area (Å²) in [5, 5.41) is 0. The smallest absolute Gasteiger partial charge is 0.223 e. The van der Waals surface area contributed by atoms with Gasteiger partial charge in [-0.1, -0.05) is 19.8 Å². The summed E-state index contributed by atoms with van der Waals surface area (Å²) in [4.78, 5) is 14.0. The van der Waals surface area contributed by atoms with E-state index in [1.807, 2.05) is 4.90 Å². The molecular formula is C15H26N2O. The molecule has 1 rings (SSSR count). The zero-order chi connectivity index (χ0) is 13.6. The first-order valence-corrected chi connectivity index (χ1v) is 6.90. The number of nitrogens with zero attached hydrogens (tertiary/aromatic N) is 1. The summed E-state index contributed by atoms with van der Waals surface area (Å²) in [5.74, 6) is 3.48. The van der Waals surface area contributed by atoms with Gasteiger partial charge < -0.3 is 10.6 Å². The van der Waals surface area contributed by atoms with Gasteiger partial charge in [0.2, 0.25) is 5.91 Å². The summed E-state index contributed by atoms with van der Waals surface area (Å²) in [6.07, 6.45) is 10.2. The quantitative estimate of drug-likeness (QED) is 0.670. The van der Waals surface area contributed by atoms with E-state index < -0.39 is 0 Å². The van der Waals surface area contributed by atoms with E-state index in [2.05, 4.69) is 19.8 Å². The van der Waals surface area contributed by atoms with Gasteiger partial charge in [0.05, 0.1) is 6.54 Å². The average molecular weight is 250 g/mol. The van der Waals surface area contributed by atoms with E-state index in [1.54, 1.807) is 0 Å². The molecule has 0 unspecified atom stereocenters. The van der Waals surface area contributed by atoms with Gasteiger partial charge in [0.15, 0.2) is 0 Å². The second-order valence-electron chi connectivity index (χ2n) is 6.12. The molecule has 0 atom stereocenters. The molecule has 0 bridgehead atoms. The van der Waals surface area contributed by atoms with Crippen LogP contribution in [0.2, 0.25) is 0 Å². The van der Waals surface area contributed by atoms with Crippen molar-refractivity contribution in [3.63, 3.8) is 0 Å². The van der Waals surface area contributed by atoms with Crippen molar-refractivity contribution < 1.29 is 4.79 Å². The van der Waals surface area contributed by atoms with Gasteiger partial charge in [0.1, 0.15) is 0 Å². The van der Waals surface area contributed by atoms with Gasteiger partial charge in [-0.3, -0.25) is 4.79 Å². The molecule has 3 nitrogen and oxygen atoms in total. The molecule has 0 spiro atoms. The summed E-state index contributed by atoms with van der Waals surface area (Å²) in [5.41, 5.74) is 5.73. The Balaban J connectivity index is 2.38. The lowest BCUT2D eigenvalue weighted by molar-refractivity contribution is -0.131. The SMILES string of the molecule is C#CCN(CC1CC1)C(=O)CCC(C)(C)CCN. The number of terminal acetylenes is 1. The highest BCUT2D eigenvalue weighted by Crippen LogP contribution is 2.30. The molecule has 0 heterocycles. The Morgan fingerprint density at radius 1 is 1.44 bits per heavy atom. The number of rotatable bonds is 8. The zero-order valence-corrected chi connectivity index (χ0v) is 11.7. The van der Waals surface area contributed by atoms with Crippen molar-refractivity contribution in [2.75, 3.05) is 19.6 Å². The number of carbonyl (C=O) groups is 1. The fraction of sp³-hybridized carbons (Fsp3) is 0.800. The van der Waals surface area contributed by atoms with Crippen LogP contribution in [0, 0.1) is 23.7 Å². The Morgan fingerprint density at radius 2 is 2.11 bits per heavy atom. The Bertz CT molecular complexity index is 313. The number of carbonyl (C=O) groups excluding carboxylic acids is 1. The van der Waals surface area contributed by atoms with Crippen LogP contribution in [0.15, 0.2) is 0 Å². The fourth-order valence-corrected chi connectivity index (χ4v) is 2.10. The Morgan fingerprint density at radius 3 is 2.61 bits per heavy atom. The molecule has 0 aromatic rings. The fourth-order valence-electron chi connectivity index (χ4n) is 2.10. The largest absolute Gasteiger partial charge is 0.331 e. The predicted octanol–water partition coefficient (Wildman–Crippen LogP) is 2.01. The first-order chi connectivity index (χ1) is 8.48. The van der Waals surface area contributed by atoms with Gasteiger partial charge in [0, 0.05) is 13.0 Å². The molecular weight excluding hydrogens is 224 g/mol. The number of hydrogen-bond donors (Lipinski definition) is 1. The molecule has 1 aliphatic rings. The molecule has 2 N–H and O–H groups in total. The average Bonchev–Trinajstić information content (AvgIpc) is 3.09. The molecule has 3 heteroatoms. The van der Waals surface area contributed by atoms with Crippen molar-refractivity contribution in [2.24, 2.45) is 17.1 Å². The van der Waals surface area contributed by atoms with Crippen LogP contribution in [-0.4, -0.2) is 30.4 Å². The molecule has 0 aromatic carbocycles. The van der Waals surface area contributed by atoms with Crippen molar-refractivity contribution in [1.82, 2.24) is 4.90 Å². The number of amides is 1. The van der Waals surface area contributed by atoms with E-state index in [0.717, 1.165) is 19.4 Å². The third-order valence-corrected chi connectivity index (χ3v) is 3.65. The summed E-state index contributed by atoms with van der Waals surface area (Å²) < 4.78 is 0. The molecule has 1 saturated carbocycles. The summed E-state index contributed by atoms with van der Waals surface area (Å²) in [6, 6.07) is 0. The molecule has 0 radical (unpaired) electrons. The monoisotopic (exact) mass is 250 g/mol. The maximum Gasteiger partial charge on any atom is 0.223 e. The zero-order valence-electron chi connectivity index (χ0n) is 11.7. The molecule has 102 valence electrons. The van der Waals surface area contributed by atoms with Gasteiger partial charge in [-0.05, 0) is 43.6 Å². The first-order valence-electron chi connectivity index (χ1n) is 6.90. The van der Waals surface area contributed by atoms with Crippen molar-refractivity contribution in [1.29, 1.82) is 0 Å². The number of hydrogen-bond acceptors (Lipinski definition) is 2. The summed E-state index contributed by atoms with van der Waals surface area (Å²) >= 11 is 0. The van der Waals surface area contributed by atoms with Crippen molar-refractivity contribution in [2.45, 2.75) is 46.0 Å². The van der Waals surface area contributed by atoms with Crippen LogP contribution in [0.5, 0.6) is 0 Å². The van der Waals surface area contributed by atoms with Crippen LogP contribution in [0.4, 0.5) is 0 Å². The van der Waals surface area contributed by atoms with Gasteiger partial charge in [-0.2, -0.15) is 0 Å². The van der Waals surface area contributed by atoms with Crippen molar-refractivity contribution >= 4 is 5.91 Å². The molecule has 0 aliphatic heterocycles. The molecule has 0 aromatic heterocycles. The van der Waals surface area contributed by atoms with E-state index in [-0.39, 0.29) is 11.3 Å². The minimum atomic E-state index is 0.145. The van der Waals surface area contributed by atoms with E-state index in [1.165, 1.54) is 12.8 Å². The Labute approximate surface area is 111 Å².